The lowest BCUT2D eigenvalue weighted by atomic mass is 10.2. The maximum absolute atomic E-state index is 12.5. The zero-order valence-corrected chi connectivity index (χ0v) is 16.7. The zero-order valence-electron chi connectivity index (χ0n) is 16.7. The highest BCUT2D eigenvalue weighted by atomic mass is 16.2. The van der Waals surface area contributed by atoms with E-state index in [0.29, 0.717) is 12.2 Å². The van der Waals surface area contributed by atoms with Gasteiger partial charge in [-0.05, 0) is 56.5 Å². The van der Waals surface area contributed by atoms with Crippen LogP contribution in [0.4, 0.5) is 5.69 Å². The van der Waals surface area contributed by atoms with E-state index in [2.05, 4.69) is 39.7 Å². The SMILES string of the molecule is Cc1cccc(-n2nnc(C(=O)NCCCCN(C)c3ccccc3)c2C)c1. The first-order chi connectivity index (χ1) is 13.6. The third-order valence-electron chi connectivity index (χ3n) is 4.76. The van der Waals surface area contributed by atoms with Gasteiger partial charge in [0.2, 0.25) is 0 Å². The van der Waals surface area contributed by atoms with Crippen molar-refractivity contribution in [2.45, 2.75) is 26.7 Å². The quantitative estimate of drug-likeness (QED) is 0.610. The number of hydrogen-bond acceptors (Lipinski definition) is 4. The molecule has 2 aromatic carbocycles. The number of aromatic nitrogens is 3. The summed E-state index contributed by atoms with van der Waals surface area (Å²) in [6.45, 7) is 5.46. The van der Waals surface area contributed by atoms with Crippen molar-refractivity contribution in [3.63, 3.8) is 0 Å². The first-order valence-electron chi connectivity index (χ1n) is 9.60. The molecule has 146 valence electrons. The van der Waals surface area contributed by atoms with Crippen LogP contribution in [0.1, 0.15) is 34.6 Å². The van der Waals surface area contributed by atoms with Crippen LogP contribution in [-0.4, -0.2) is 41.0 Å². The Kier molecular flexibility index (Phi) is 6.42. The normalized spacial score (nSPS) is 10.7. The van der Waals surface area contributed by atoms with Gasteiger partial charge in [0.15, 0.2) is 5.69 Å². The van der Waals surface area contributed by atoms with Gasteiger partial charge in [-0.1, -0.05) is 35.5 Å². The van der Waals surface area contributed by atoms with Crippen molar-refractivity contribution in [3.8, 4) is 5.69 Å². The fourth-order valence-corrected chi connectivity index (χ4v) is 3.12. The van der Waals surface area contributed by atoms with Crippen LogP contribution >= 0.6 is 0 Å². The number of rotatable bonds is 8. The summed E-state index contributed by atoms with van der Waals surface area (Å²) in [6, 6.07) is 18.3. The van der Waals surface area contributed by atoms with E-state index in [1.807, 2.05) is 56.3 Å². The summed E-state index contributed by atoms with van der Waals surface area (Å²) in [7, 11) is 2.08. The molecule has 0 aliphatic rings. The van der Waals surface area contributed by atoms with Crippen LogP contribution in [0.5, 0.6) is 0 Å². The number of unbranched alkanes of at least 4 members (excludes halogenated alkanes) is 1. The zero-order chi connectivity index (χ0) is 19.9. The van der Waals surface area contributed by atoms with Crippen molar-refractivity contribution < 1.29 is 4.79 Å². The number of aryl methyl sites for hydroxylation is 1. The molecule has 0 bridgehead atoms. The molecular formula is C22H27N5O. The van der Waals surface area contributed by atoms with Crippen LogP contribution in [0.3, 0.4) is 0 Å². The van der Waals surface area contributed by atoms with E-state index in [9.17, 15) is 4.79 Å². The van der Waals surface area contributed by atoms with Gasteiger partial charge in [-0.3, -0.25) is 4.79 Å². The van der Waals surface area contributed by atoms with Crippen LogP contribution < -0.4 is 10.2 Å². The molecule has 1 aromatic heterocycles. The number of carbonyl (C=O) groups is 1. The minimum Gasteiger partial charge on any atom is -0.375 e. The Morgan fingerprint density at radius 1 is 1.07 bits per heavy atom. The van der Waals surface area contributed by atoms with Crippen molar-refractivity contribution >= 4 is 11.6 Å². The van der Waals surface area contributed by atoms with E-state index in [1.165, 1.54) is 5.69 Å². The molecule has 3 aromatic rings. The summed E-state index contributed by atoms with van der Waals surface area (Å²) in [5.74, 6) is -0.173. The fourth-order valence-electron chi connectivity index (χ4n) is 3.12. The monoisotopic (exact) mass is 377 g/mol. The van der Waals surface area contributed by atoms with E-state index >= 15 is 0 Å². The first kappa shape index (κ1) is 19.6. The topological polar surface area (TPSA) is 63.1 Å². The maximum Gasteiger partial charge on any atom is 0.273 e. The van der Waals surface area contributed by atoms with Gasteiger partial charge in [-0.2, -0.15) is 0 Å². The van der Waals surface area contributed by atoms with Crippen molar-refractivity contribution in [1.29, 1.82) is 0 Å². The van der Waals surface area contributed by atoms with Gasteiger partial charge in [0.25, 0.3) is 5.91 Å². The molecule has 28 heavy (non-hydrogen) atoms. The van der Waals surface area contributed by atoms with Crippen LogP contribution in [0.2, 0.25) is 0 Å². The average Bonchev–Trinajstić information content (AvgIpc) is 3.09. The highest BCUT2D eigenvalue weighted by Crippen LogP contribution is 2.14. The fraction of sp³-hybridized carbons (Fsp3) is 0.318. The molecule has 0 spiro atoms. The minimum atomic E-state index is -0.173. The second-order valence-corrected chi connectivity index (χ2v) is 6.99. The van der Waals surface area contributed by atoms with Crippen LogP contribution in [0.15, 0.2) is 54.6 Å². The average molecular weight is 377 g/mol. The highest BCUT2D eigenvalue weighted by Gasteiger charge is 2.16. The molecule has 0 unspecified atom stereocenters. The Labute approximate surface area is 166 Å². The lowest BCUT2D eigenvalue weighted by Gasteiger charge is -2.19. The van der Waals surface area contributed by atoms with Crippen LogP contribution in [0.25, 0.3) is 5.69 Å². The minimum absolute atomic E-state index is 0.173. The van der Waals surface area contributed by atoms with Gasteiger partial charge >= 0.3 is 0 Å². The summed E-state index contributed by atoms with van der Waals surface area (Å²) in [6.07, 6.45) is 1.91. The molecule has 0 saturated carbocycles. The molecule has 0 saturated heterocycles. The third kappa shape index (κ3) is 4.76. The number of para-hydroxylation sites is 1. The lowest BCUT2D eigenvalue weighted by molar-refractivity contribution is 0.0947. The van der Waals surface area contributed by atoms with Crippen molar-refractivity contribution in [2.24, 2.45) is 0 Å². The summed E-state index contributed by atoms with van der Waals surface area (Å²) in [4.78, 5) is 14.7. The van der Waals surface area contributed by atoms with E-state index in [4.69, 9.17) is 0 Å². The number of nitrogens with one attached hydrogen (secondary N) is 1. The number of benzene rings is 2. The van der Waals surface area contributed by atoms with Crippen LogP contribution in [0, 0.1) is 13.8 Å². The predicted molar refractivity (Wildman–Crippen MR) is 112 cm³/mol. The van der Waals surface area contributed by atoms with E-state index < -0.39 is 0 Å². The molecule has 0 atom stereocenters. The molecule has 0 fully saturated rings. The molecule has 3 rings (SSSR count). The lowest BCUT2D eigenvalue weighted by Crippen LogP contribution is -2.26. The van der Waals surface area contributed by atoms with Crippen LogP contribution in [-0.2, 0) is 0 Å². The van der Waals surface area contributed by atoms with Gasteiger partial charge in [-0.15, -0.1) is 5.10 Å². The second-order valence-electron chi connectivity index (χ2n) is 6.99. The number of anilines is 1. The number of amides is 1. The van der Waals surface area contributed by atoms with E-state index in [-0.39, 0.29) is 5.91 Å². The standard InChI is InChI=1S/C22H27N5O/c1-17-10-9-13-20(16-17)27-18(2)21(24-25-27)22(28)23-14-7-8-15-26(3)19-11-5-4-6-12-19/h4-6,9-13,16H,7-8,14-15H2,1-3H3,(H,23,28). The Morgan fingerprint density at radius 2 is 1.86 bits per heavy atom. The van der Waals surface area contributed by atoms with Gasteiger partial charge in [0, 0.05) is 25.8 Å². The number of hydrogen-bond donors (Lipinski definition) is 1. The largest absolute Gasteiger partial charge is 0.375 e. The molecule has 1 amide bonds. The molecular weight excluding hydrogens is 350 g/mol. The molecule has 0 aliphatic heterocycles. The van der Waals surface area contributed by atoms with Gasteiger partial charge in [-0.25, -0.2) is 4.68 Å². The first-order valence-corrected chi connectivity index (χ1v) is 9.60. The number of nitrogens with zero attached hydrogens (tertiary/aromatic N) is 4. The van der Waals surface area contributed by atoms with Gasteiger partial charge in [0.1, 0.15) is 0 Å². The Morgan fingerprint density at radius 3 is 2.61 bits per heavy atom. The molecule has 0 radical (unpaired) electrons. The second kappa shape index (κ2) is 9.17. The summed E-state index contributed by atoms with van der Waals surface area (Å²) in [5.41, 5.74) is 4.37. The Balaban J connectivity index is 1.48. The van der Waals surface area contributed by atoms with E-state index in [0.717, 1.165) is 36.3 Å². The molecule has 1 N–H and O–H groups in total. The van der Waals surface area contributed by atoms with Gasteiger partial charge < -0.3 is 10.2 Å². The van der Waals surface area contributed by atoms with Crippen molar-refractivity contribution in [1.82, 2.24) is 20.3 Å². The third-order valence-corrected chi connectivity index (χ3v) is 4.76. The Hall–Kier alpha value is -3.15. The summed E-state index contributed by atoms with van der Waals surface area (Å²) < 4.78 is 1.71. The van der Waals surface area contributed by atoms with E-state index in [1.54, 1.807) is 4.68 Å². The molecule has 1 heterocycles. The highest BCUT2D eigenvalue weighted by molar-refractivity contribution is 5.93. The maximum atomic E-state index is 12.5. The predicted octanol–water partition coefficient (Wildman–Crippen LogP) is 3.53. The Bertz CT molecular complexity index is 920. The van der Waals surface area contributed by atoms with Crippen molar-refractivity contribution in [2.75, 3.05) is 25.0 Å². The summed E-state index contributed by atoms with van der Waals surface area (Å²) >= 11 is 0. The number of carbonyl (C=O) groups excluding carboxylic acids is 1. The smallest absolute Gasteiger partial charge is 0.273 e. The molecule has 6 heteroatoms. The molecule has 0 aliphatic carbocycles. The van der Waals surface area contributed by atoms with Gasteiger partial charge in [0.05, 0.1) is 11.4 Å². The molecule has 6 nitrogen and oxygen atoms in total. The van der Waals surface area contributed by atoms with Crippen molar-refractivity contribution in [3.05, 3.63) is 71.5 Å². The summed E-state index contributed by atoms with van der Waals surface area (Å²) in [5, 5.41) is 11.2.